The van der Waals surface area contributed by atoms with Gasteiger partial charge in [-0.3, -0.25) is 4.79 Å². The van der Waals surface area contributed by atoms with Crippen LogP contribution in [0.15, 0.2) is 24.3 Å². The van der Waals surface area contributed by atoms with Crippen LogP contribution in [0.5, 0.6) is 0 Å². The maximum Gasteiger partial charge on any atom is 0.246 e. The lowest BCUT2D eigenvalue weighted by Gasteiger charge is -2.31. The van der Waals surface area contributed by atoms with Crippen molar-refractivity contribution < 1.29 is 22.2 Å². The molecule has 0 aromatic carbocycles. The molecule has 0 aromatic rings. The summed E-state index contributed by atoms with van der Waals surface area (Å²) in [5, 5.41) is 0. The molecule has 29 heavy (non-hydrogen) atoms. The van der Waals surface area contributed by atoms with Gasteiger partial charge >= 0.3 is 0 Å². The molecular formula is C22H42N2O4S. The summed E-state index contributed by atoms with van der Waals surface area (Å²) in [6.45, 7) is 4.09. The molecule has 7 heteroatoms. The summed E-state index contributed by atoms with van der Waals surface area (Å²) in [5.74, 6) is -0.384. The largest absolute Gasteiger partial charge is 0.748 e. The van der Waals surface area contributed by atoms with Crippen molar-refractivity contribution in [2.75, 3.05) is 46.5 Å². The highest BCUT2D eigenvalue weighted by atomic mass is 32.2. The molecule has 0 N–H and O–H groups in total. The Morgan fingerprint density at radius 2 is 1.59 bits per heavy atom. The average Bonchev–Trinajstić information content (AvgIpc) is 2.62. The highest BCUT2D eigenvalue weighted by Gasteiger charge is 2.17. The molecule has 170 valence electrons. The maximum atomic E-state index is 12.1. The first-order valence-electron chi connectivity index (χ1n) is 10.9. The molecule has 0 aliphatic carbocycles. The van der Waals surface area contributed by atoms with Crippen LogP contribution in [-0.4, -0.2) is 74.8 Å². The van der Waals surface area contributed by atoms with E-state index in [2.05, 4.69) is 13.0 Å². The van der Waals surface area contributed by atoms with Gasteiger partial charge in [0.1, 0.15) is 0 Å². The van der Waals surface area contributed by atoms with Crippen LogP contribution in [0.4, 0.5) is 0 Å². The van der Waals surface area contributed by atoms with Crippen molar-refractivity contribution >= 4 is 16.0 Å². The second-order valence-electron chi connectivity index (χ2n) is 8.46. The summed E-state index contributed by atoms with van der Waals surface area (Å²) in [5.41, 5.74) is 0. The Bertz CT molecular complexity index is 598. The van der Waals surface area contributed by atoms with Crippen molar-refractivity contribution in [2.45, 2.75) is 64.7 Å². The molecule has 0 spiro atoms. The molecule has 6 nitrogen and oxygen atoms in total. The fourth-order valence-corrected chi connectivity index (χ4v) is 3.45. The molecular weight excluding hydrogens is 388 g/mol. The highest BCUT2D eigenvalue weighted by molar-refractivity contribution is 7.85. The lowest BCUT2D eigenvalue weighted by atomic mass is 10.1. The molecule has 1 amide bonds. The molecule has 0 saturated heterocycles. The molecule has 0 aliphatic heterocycles. The fourth-order valence-electron chi connectivity index (χ4n) is 2.97. The van der Waals surface area contributed by atoms with Gasteiger partial charge in [-0.15, -0.1) is 0 Å². The van der Waals surface area contributed by atoms with Crippen LogP contribution in [0.3, 0.4) is 0 Å². The molecule has 0 atom stereocenters. The van der Waals surface area contributed by atoms with Crippen LogP contribution in [0.25, 0.3) is 0 Å². The third kappa shape index (κ3) is 18.6. The SMILES string of the molecule is CCCCCCCCCC=CC=CC(=O)N(C)CC[N+](C)(C)CCCS(=O)(=O)[O-]. The summed E-state index contributed by atoms with van der Waals surface area (Å²) in [6.07, 6.45) is 17.9. The Hall–Kier alpha value is -1.18. The van der Waals surface area contributed by atoms with Crippen LogP contribution in [-0.2, 0) is 14.9 Å². The zero-order valence-corrected chi connectivity index (χ0v) is 19.8. The first kappa shape index (κ1) is 27.8. The number of quaternary nitrogens is 1. The first-order chi connectivity index (χ1) is 13.6. The van der Waals surface area contributed by atoms with E-state index in [1.54, 1.807) is 24.1 Å². The zero-order chi connectivity index (χ0) is 22.2. The van der Waals surface area contributed by atoms with Gasteiger partial charge < -0.3 is 13.9 Å². The molecule has 0 aromatic heterocycles. The molecule has 0 aliphatic rings. The third-order valence-electron chi connectivity index (χ3n) is 5.04. The maximum absolute atomic E-state index is 12.1. The van der Waals surface area contributed by atoms with Gasteiger partial charge in [-0.25, -0.2) is 8.42 Å². The van der Waals surface area contributed by atoms with E-state index in [1.165, 1.54) is 44.9 Å². The van der Waals surface area contributed by atoms with Crippen molar-refractivity contribution in [1.82, 2.24) is 4.90 Å². The van der Waals surface area contributed by atoms with E-state index in [0.717, 1.165) is 6.42 Å². The summed E-state index contributed by atoms with van der Waals surface area (Å²) < 4.78 is 32.6. The van der Waals surface area contributed by atoms with Crippen molar-refractivity contribution in [3.05, 3.63) is 24.3 Å². The van der Waals surface area contributed by atoms with Gasteiger partial charge in [0, 0.05) is 25.3 Å². The molecule has 0 saturated carbocycles. The topological polar surface area (TPSA) is 77.5 Å². The number of unbranched alkanes of at least 4 members (excludes halogenated alkanes) is 7. The second kappa shape index (κ2) is 15.6. The van der Waals surface area contributed by atoms with E-state index in [1.807, 2.05) is 20.2 Å². The summed E-state index contributed by atoms with van der Waals surface area (Å²) in [6, 6.07) is 0. The second-order valence-corrected chi connectivity index (χ2v) is 9.98. The van der Waals surface area contributed by atoms with E-state index in [9.17, 15) is 17.8 Å². The van der Waals surface area contributed by atoms with E-state index < -0.39 is 10.1 Å². The Kier molecular flexibility index (Phi) is 15.0. The van der Waals surface area contributed by atoms with E-state index in [0.29, 0.717) is 30.5 Å². The number of hydrogen-bond donors (Lipinski definition) is 0. The van der Waals surface area contributed by atoms with Gasteiger partial charge in [-0.1, -0.05) is 63.7 Å². The van der Waals surface area contributed by atoms with Crippen LogP contribution in [0.1, 0.15) is 64.7 Å². The van der Waals surface area contributed by atoms with Gasteiger partial charge in [-0.2, -0.15) is 0 Å². The number of carbonyl (C=O) groups is 1. The lowest BCUT2D eigenvalue weighted by Crippen LogP contribution is -2.46. The van der Waals surface area contributed by atoms with Crippen LogP contribution < -0.4 is 0 Å². The Morgan fingerprint density at radius 3 is 2.21 bits per heavy atom. The molecule has 0 unspecified atom stereocenters. The minimum Gasteiger partial charge on any atom is -0.748 e. The van der Waals surface area contributed by atoms with Crippen molar-refractivity contribution in [3.8, 4) is 0 Å². The number of hydrogen-bond acceptors (Lipinski definition) is 4. The van der Waals surface area contributed by atoms with E-state index in [-0.39, 0.29) is 11.7 Å². The molecule has 0 bridgehead atoms. The minimum atomic E-state index is -4.16. The monoisotopic (exact) mass is 430 g/mol. The first-order valence-corrected chi connectivity index (χ1v) is 12.5. The van der Waals surface area contributed by atoms with E-state index >= 15 is 0 Å². The van der Waals surface area contributed by atoms with Crippen LogP contribution in [0.2, 0.25) is 0 Å². The minimum absolute atomic E-state index is 0.0484. The summed E-state index contributed by atoms with van der Waals surface area (Å²) >= 11 is 0. The highest BCUT2D eigenvalue weighted by Crippen LogP contribution is 2.08. The third-order valence-corrected chi connectivity index (χ3v) is 5.82. The Balaban J connectivity index is 3.96. The van der Waals surface area contributed by atoms with Crippen molar-refractivity contribution in [2.24, 2.45) is 0 Å². The zero-order valence-electron chi connectivity index (χ0n) is 18.9. The number of amides is 1. The van der Waals surface area contributed by atoms with E-state index in [4.69, 9.17) is 0 Å². The summed E-state index contributed by atoms with van der Waals surface area (Å²) in [7, 11) is 1.54. The molecule has 0 radical (unpaired) electrons. The van der Waals surface area contributed by atoms with Crippen LogP contribution in [0, 0.1) is 0 Å². The predicted octanol–water partition coefficient (Wildman–Crippen LogP) is 3.71. The normalized spacial score (nSPS) is 12.9. The summed E-state index contributed by atoms with van der Waals surface area (Å²) in [4.78, 5) is 13.8. The van der Waals surface area contributed by atoms with Crippen LogP contribution >= 0.6 is 0 Å². The quantitative estimate of drug-likeness (QED) is 0.116. The molecule has 0 heterocycles. The smallest absolute Gasteiger partial charge is 0.246 e. The van der Waals surface area contributed by atoms with Gasteiger partial charge in [0.05, 0.1) is 43.8 Å². The average molecular weight is 431 g/mol. The Morgan fingerprint density at radius 1 is 0.966 bits per heavy atom. The van der Waals surface area contributed by atoms with Crippen molar-refractivity contribution in [1.29, 1.82) is 0 Å². The molecule has 0 fully saturated rings. The fraction of sp³-hybridized carbons (Fsp3) is 0.773. The number of rotatable bonds is 17. The van der Waals surface area contributed by atoms with Gasteiger partial charge in [0.15, 0.2) is 0 Å². The number of nitrogens with zero attached hydrogens (tertiary/aromatic N) is 2. The lowest BCUT2D eigenvalue weighted by molar-refractivity contribution is -0.889. The molecule has 0 rings (SSSR count). The predicted molar refractivity (Wildman–Crippen MR) is 120 cm³/mol. The van der Waals surface area contributed by atoms with Gasteiger partial charge in [0.2, 0.25) is 5.91 Å². The number of allylic oxidation sites excluding steroid dienone is 3. The Labute approximate surface area is 179 Å². The number of likely N-dealkylation sites (N-methyl/N-ethyl adjacent to an activating group) is 2. The van der Waals surface area contributed by atoms with Gasteiger partial charge in [0.25, 0.3) is 0 Å². The van der Waals surface area contributed by atoms with Gasteiger partial charge in [-0.05, 0) is 12.8 Å². The van der Waals surface area contributed by atoms with Crippen molar-refractivity contribution in [3.63, 3.8) is 0 Å². The standard InChI is InChI=1S/C22H42N2O4S/c1-5-6-7-8-9-10-11-12-13-14-15-17-22(25)23(2)18-20-24(3,4)19-16-21-29(26,27)28/h13-15,17H,5-12,16,18-21H2,1-4H3. The number of carbonyl (C=O) groups excluding carboxylic acids is 1.